The van der Waals surface area contributed by atoms with E-state index in [-0.39, 0.29) is 11.7 Å². The van der Waals surface area contributed by atoms with Crippen molar-refractivity contribution in [2.24, 2.45) is 5.10 Å². The second-order valence-electron chi connectivity index (χ2n) is 4.96. The van der Waals surface area contributed by atoms with E-state index in [0.29, 0.717) is 29.2 Å². The van der Waals surface area contributed by atoms with Crippen molar-refractivity contribution in [3.05, 3.63) is 59.4 Å². The Morgan fingerprint density at radius 1 is 1.04 bits per heavy atom. The van der Waals surface area contributed by atoms with Gasteiger partial charge in [0.1, 0.15) is 17.3 Å². The van der Waals surface area contributed by atoms with E-state index >= 15 is 0 Å². The second kappa shape index (κ2) is 8.10. The number of nitrogens with one attached hydrogen (secondary N) is 1. The number of amides is 1. The number of carbonyl (C=O) groups excluding carboxylic acids is 1. The zero-order chi connectivity index (χ0) is 17.5. The first-order chi connectivity index (χ1) is 11.6. The van der Waals surface area contributed by atoms with Crippen LogP contribution in [0.25, 0.3) is 0 Å². The van der Waals surface area contributed by atoms with Gasteiger partial charge in [0, 0.05) is 11.6 Å². The lowest BCUT2D eigenvalue weighted by molar-refractivity contribution is 0.0954. The molecule has 0 aliphatic carbocycles. The number of hydrogen-bond acceptors (Lipinski definition) is 4. The molecule has 24 heavy (non-hydrogen) atoms. The molecule has 0 heterocycles. The Balaban J connectivity index is 2.20. The Kier molecular flexibility index (Phi) is 5.89. The second-order valence-corrected chi connectivity index (χ2v) is 4.96. The summed E-state index contributed by atoms with van der Waals surface area (Å²) >= 11 is 0. The molecule has 2 aromatic rings. The Labute approximate surface area is 140 Å². The summed E-state index contributed by atoms with van der Waals surface area (Å²) in [5, 5.41) is 4.14. The lowest BCUT2D eigenvalue weighted by Crippen LogP contribution is -2.20. The summed E-state index contributed by atoms with van der Waals surface area (Å²) in [5.41, 5.74) is 4.28. The van der Waals surface area contributed by atoms with E-state index in [2.05, 4.69) is 10.5 Å². The molecule has 1 N–H and O–H groups in total. The number of rotatable bonds is 6. The fourth-order valence-corrected chi connectivity index (χ4v) is 2.11. The third-order valence-corrected chi connectivity index (χ3v) is 3.42. The van der Waals surface area contributed by atoms with Crippen molar-refractivity contribution in [1.29, 1.82) is 0 Å². The van der Waals surface area contributed by atoms with Crippen molar-refractivity contribution in [1.82, 2.24) is 5.43 Å². The molecule has 0 saturated heterocycles. The molecule has 126 valence electrons. The van der Waals surface area contributed by atoms with Crippen LogP contribution in [0.15, 0.2) is 47.6 Å². The molecule has 2 rings (SSSR count). The molecule has 0 atom stereocenters. The zero-order valence-electron chi connectivity index (χ0n) is 13.8. The Bertz CT molecular complexity index is 720. The molecule has 6 heteroatoms. The molecule has 0 aliphatic heterocycles. The number of hydrogen-bond donors (Lipinski definition) is 1. The standard InChI is InChI=1S/C18H19FN2O3/c1-4-17(12-5-7-14(19)8-6-12)20-21-18(22)13-9-15(23-2)11-16(10-13)24-3/h5-11H,4H2,1-3H3,(H,21,22)/b20-17+. The maximum atomic E-state index is 13.0. The average Bonchev–Trinajstić information content (AvgIpc) is 2.62. The van der Waals surface area contributed by atoms with Crippen molar-refractivity contribution >= 4 is 11.6 Å². The number of benzene rings is 2. The van der Waals surface area contributed by atoms with Gasteiger partial charge in [-0.3, -0.25) is 4.79 Å². The van der Waals surface area contributed by atoms with E-state index in [0.717, 1.165) is 5.56 Å². The highest BCUT2D eigenvalue weighted by atomic mass is 19.1. The van der Waals surface area contributed by atoms with Gasteiger partial charge in [-0.1, -0.05) is 19.1 Å². The third kappa shape index (κ3) is 4.32. The monoisotopic (exact) mass is 330 g/mol. The molecule has 0 fully saturated rings. The van der Waals surface area contributed by atoms with Crippen molar-refractivity contribution in [2.45, 2.75) is 13.3 Å². The van der Waals surface area contributed by atoms with Crippen LogP contribution in [0.5, 0.6) is 11.5 Å². The summed E-state index contributed by atoms with van der Waals surface area (Å²) in [7, 11) is 3.02. The van der Waals surface area contributed by atoms with Gasteiger partial charge in [-0.2, -0.15) is 5.10 Å². The number of hydrazone groups is 1. The van der Waals surface area contributed by atoms with Crippen LogP contribution in [0.1, 0.15) is 29.3 Å². The Morgan fingerprint density at radius 2 is 1.62 bits per heavy atom. The van der Waals surface area contributed by atoms with Gasteiger partial charge in [0.25, 0.3) is 5.91 Å². The molecule has 5 nitrogen and oxygen atoms in total. The van der Waals surface area contributed by atoms with E-state index < -0.39 is 0 Å². The van der Waals surface area contributed by atoms with Gasteiger partial charge in [-0.05, 0) is 36.2 Å². The smallest absolute Gasteiger partial charge is 0.271 e. The van der Waals surface area contributed by atoms with Gasteiger partial charge < -0.3 is 9.47 Å². The number of methoxy groups -OCH3 is 2. The van der Waals surface area contributed by atoms with E-state index in [9.17, 15) is 9.18 Å². The molecular formula is C18H19FN2O3. The first-order valence-corrected chi connectivity index (χ1v) is 7.43. The minimum atomic E-state index is -0.389. The van der Waals surface area contributed by atoms with E-state index in [1.165, 1.54) is 26.4 Å². The predicted octanol–water partition coefficient (Wildman–Crippen LogP) is 3.39. The Morgan fingerprint density at radius 3 is 2.12 bits per heavy atom. The van der Waals surface area contributed by atoms with E-state index in [1.807, 2.05) is 6.92 Å². The van der Waals surface area contributed by atoms with Crippen molar-refractivity contribution < 1.29 is 18.7 Å². The fraction of sp³-hybridized carbons (Fsp3) is 0.222. The highest BCUT2D eigenvalue weighted by molar-refractivity contribution is 6.02. The zero-order valence-corrected chi connectivity index (χ0v) is 13.8. The summed E-state index contributed by atoms with van der Waals surface area (Å²) in [5.74, 6) is 0.317. The van der Waals surface area contributed by atoms with Gasteiger partial charge in [0.15, 0.2) is 0 Å². The fourth-order valence-electron chi connectivity index (χ4n) is 2.11. The molecule has 1 amide bonds. The first-order valence-electron chi connectivity index (χ1n) is 7.43. The molecule has 0 unspecified atom stereocenters. The van der Waals surface area contributed by atoms with Gasteiger partial charge in [0.05, 0.1) is 19.9 Å². The molecule has 0 aromatic heterocycles. The average molecular weight is 330 g/mol. The predicted molar refractivity (Wildman–Crippen MR) is 90.2 cm³/mol. The molecule has 0 radical (unpaired) electrons. The highest BCUT2D eigenvalue weighted by Gasteiger charge is 2.10. The van der Waals surface area contributed by atoms with Crippen molar-refractivity contribution in [3.63, 3.8) is 0 Å². The van der Waals surface area contributed by atoms with Crippen molar-refractivity contribution in [2.75, 3.05) is 14.2 Å². The van der Waals surface area contributed by atoms with Crippen LogP contribution in [-0.2, 0) is 0 Å². The minimum Gasteiger partial charge on any atom is -0.497 e. The van der Waals surface area contributed by atoms with Gasteiger partial charge in [0.2, 0.25) is 0 Å². The summed E-state index contributed by atoms with van der Waals surface area (Å²) in [4.78, 5) is 12.3. The normalized spacial score (nSPS) is 11.1. The molecule has 0 bridgehead atoms. The van der Waals surface area contributed by atoms with Crippen LogP contribution in [0.4, 0.5) is 4.39 Å². The van der Waals surface area contributed by atoms with Gasteiger partial charge in [-0.25, -0.2) is 9.82 Å². The largest absolute Gasteiger partial charge is 0.497 e. The summed E-state index contributed by atoms with van der Waals surface area (Å²) in [6, 6.07) is 10.8. The van der Waals surface area contributed by atoms with Crippen LogP contribution >= 0.6 is 0 Å². The molecule has 0 aliphatic rings. The van der Waals surface area contributed by atoms with Crippen LogP contribution in [0, 0.1) is 5.82 Å². The molecule has 2 aromatic carbocycles. The SMILES string of the molecule is CC/C(=N\NC(=O)c1cc(OC)cc(OC)c1)c1ccc(F)cc1. The highest BCUT2D eigenvalue weighted by Crippen LogP contribution is 2.22. The number of nitrogens with zero attached hydrogens (tertiary/aromatic N) is 1. The minimum absolute atomic E-state index is 0.318. The lowest BCUT2D eigenvalue weighted by atomic mass is 10.1. The van der Waals surface area contributed by atoms with Crippen LogP contribution in [0.2, 0.25) is 0 Å². The number of carbonyl (C=O) groups is 1. The summed E-state index contributed by atoms with van der Waals surface area (Å²) in [6.45, 7) is 1.91. The topological polar surface area (TPSA) is 59.9 Å². The summed E-state index contributed by atoms with van der Waals surface area (Å²) < 4.78 is 23.3. The maximum absolute atomic E-state index is 13.0. The molecular weight excluding hydrogens is 311 g/mol. The maximum Gasteiger partial charge on any atom is 0.271 e. The third-order valence-electron chi connectivity index (χ3n) is 3.42. The lowest BCUT2D eigenvalue weighted by Gasteiger charge is -2.08. The van der Waals surface area contributed by atoms with Crippen LogP contribution < -0.4 is 14.9 Å². The van der Waals surface area contributed by atoms with E-state index in [1.54, 1.807) is 30.3 Å². The Hall–Kier alpha value is -2.89. The summed E-state index contributed by atoms with van der Waals surface area (Å²) in [6.07, 6.45) is 0.591. The number of ether oxygens (including phenoxy) is 2. The van der Waals surface area contributed by atoms with Crippen molar-refractivity contribution in [3.8, 4) is 11.5 Å². The van der Waals surface area contributed by atoms with Gasteiger partial charge >= 0.3 is 0 Å². The first kappa shape index (κ1) is 17.5. The molecule has 0 spiro atoms. The quantitative estimate of drug-likeness (QED) is 0.652. The van der Waals surface area contributed by atoms with E-state index in [4.69, 9.17) is 9.47 Å². The van der Waals surface area contributed by atoms with Crippen LogP contribution in [0.3, 0.4) is 0 Å². The van der Waals surface area contributed by atoms with Gasteiger partial charge in [-0.15, -0.1) is 0 Å². The number of halogens is 1. The molecule has 0 saturated carbocycles. The van der Waals surface area contributed by atoms with Crippen LogP contribution in [-0.4, -0.2) is 25.8 Å².